The first-order valence-corrected chi connectivity index (χ1v) is 10.5. The Morgan fingerprint density at radius 2 is 1.88 bits per heavy atom. The Morgan fingerprint density at radius 1 is 1.12 bits per heavy atom. The van der Waals surface area contributed by atoms with E-state index in [2.05, 4.69) is 40.9 Å². The number of fused-ring (bicyclic) bond motifs is 3. The van der Waals surface area contributed by atoms with E-state index in [1.165, 1.54) is 22.3 Å². The third-order valence-electron chi connectivity index (χ3n) is 5.15. The molecule has 26 heavy (non-hydrogen) atoms. The highest BCUT2D eigenvalue weighted by atomic mass is 32.2. The maximum absolute atomic E-state index is 12.1. The van der Waals surface area contributed by atoms with Gasteiger partial charge in [0.15, 0.2) is 9.84 Å². The number of rotatable bonds is 3. The van der Waals surface area contributed by atoms with Gasteiger partial charge in [-0.2, -0.15) is 5.10 Å². The Labute approximate surface area is 153 Å². The zero-order chi connectivity index (χ0) is 18.3. The van der Waals surface area contributed by atoms with Gasteiger partial charge >= 0.3 is 0 Å². The molecule has 1 aliphatic carbocycles. The lowest BCUT2D eigenvalue weighted by Gasteiger charge is -2.08. The Hall–Kier alpha value is -2.47. The Kier molecular flexibility index (Phi) is 4.15. The van der Waals surface area contributed by atoms with Crippen LogP contribution in [0, 0.1) is 5.92 Å². The maximum Gasteiger partial charge on any atom is 0.244 e. The minimum Gasteiger partial charge on any atom is -0.273 e. The van der Waals surface area contributed by atoms with Gasteiger partial charge in [0.2, 0.25) is 5.91 Å². The number of nitrogens with zero attached hydrogens (tertiary/aromatic N) is 1. The van der Waals surface area contributed by atoms with Gasteiger partial charge in [-0.25, -0.2) is 13.8 Å². The van der Waals surface area contributed by atoms with Crippen molar-refractivity contribution in [3.63, 3.8) is 0 Å². The van der Waals surface area contributed by atoms with Gasteiger partial charge < -0.3 is 0 Å². The number of hydrogen-bond acceptors (Lipinski definition) is 4. The monoisotopic (exact) mass is 368 g/mol. The fourth-order valence-electron chi connectivity index (χ4n) is 3.67. The van der Waals surface area contributed by atoms with Gasteiger partial charge in [0.05, 0.1) is 23.1 Å². The van der Waals surface area contributed by atoms with Crippen LogP contribution < -0.4 is 5.43 Å². The molecule has 1 amide bonds. The first-order valence-electron chi connectivity index (χ1n) is 8.69. The van der Waals surface area contributed by atoms with Crippen molar-refractivity contribution in [3.05, 3.63) is 59.2 Å². The van der Waals surface area contributed by atoms with Gasteiger partial charge in [-0.15, -0.1) is 0 Å². The minimum atomic E-state index is -3.07. The Morgan fingerprint density at radius 3 is 2.65 bits per heavy atom. The SMILES string of the molecule is C/C(=N/NC(=O)[C@H]1CCS(=O)(=O)C1)c1ccc2c(c1)Cc1ccccc1-2. The van der Waals surface area contributed by atoms with Crippen molar-refractivity contribution in [2.45, 2.75) is 19.8 Å². The third kappa shape index (κ3) is 3.17. The quantitative estimate of drug-likeness (QED) is 0.570. The van der Waals surface area contributed by atoms with Crippen LogP contribution in [0.5, 0.6) is 0 Å². The number of nitrogens with one attached hydrogen (secondary N) is 1. The van der Waals surface area contributed by atoms with E-state index < -0.39 is 15.8 Å². The fraction of sp³-hybridized carbons (Fsp3) is 0.300. The molecule has 6 heteroatoms. The average molecular weight is 368 g/mol. The minimum absolute atomic E-state index is 0.0789. The van der Waals surface area contributed by atoms with Crippen molar-refractivity contribution in [2.24, 2.45) is 11.0 Å². The highest BCUT2D eigenvalue weighted by molar-refractivity contribution is 7.91. The van der Waals surface area contributed by atoms with Crippen LogP contribution in [0.4, 0.5) is 0 Å². The number of hydrazone groups is 1. The standard InChI is InChI=1S/C20H20N2O3S/c1-13(21-22-20(23)16-8-9-26(24,25)12-16)14-6-7-19-17(10-14)11-15-4-2-3-5-18(15)19/h2-7,10,16H,8-9,11-12H2,1H3,(H,22,23)/b21-13-/t16-/m0/s1. The van der Waals surface area contributed by atoms with Crippen molar-refractivity contribution in [1.29, 1.82) is 0 Å². The summed E-state index contributed by atoms with van der Waals surface area (Å²) < 4.78 is 23.0. The molecule has 2 aromatic rings. The smallest absolute Gasteiger partial charge is 0.244 e. The molecule has 1 heterocycles. The van der Waals surface area contributed by atoms with Crippen LogP contribution in [0.25, 0.3) is 11.1 Å². The lowest BCUT2D eigenvalue weighted by atomic mass is 10.0. The Balaban J connectivity index is 1.49. The molecule has 0 spiro atoms. The van der Waals surface area contributed by atoms with E-state index in [9.17, 15) is 13.2 Å². The summed E-state index contributed by atoms with van der Waals surface area (Å²) >= 11 is 0. The summed E-state index contributed by atoms with van der Waals surface area (Å²) in [6, 6.07) is 14.6. The third-order valence-corrected chi connectivity index (χ3v) is 6.92. The van der Waals surface area contributed by atoms with Gasteiger partial charge in [-0.05, 0) is 53.6 Å². The first-order chi connectivity index (χ1) is 12.4. The van der Waals surface area contributed by atoms with E-state index >= 15 is 0 Å². The van der Waals surface area contributed by atoms with Crippen LogP contribution in [0.3, 0.4) is 0 Å². The number of sulfone groups is 1. The van der Waals surface area contributed by atoms with Crippen LogP contribution in [0.2, 0.25) is 0 Å². The lowest BCUT2D eigenvalue weighted by molar-refractivity contribution is -0.124. The van der Waals surface area contributed by atoms with Gasteiger partial charge in [-0.3, -0.25) is 4.79 Å². The van der Waals surface area contributed by atoms with Crippen molar-refractivity contribution >= 4 is 21.5 Å². The second-order valence-corrected chi connectivity index (χ2v) is 9.21. The van der Waals surface area contributed by atoms with Gasteiger partial charge in [0.25, 0.3) is 0 Å². The van der Waals surface area contributed by atoms with Crippen LogP contribution >= 0.6 is 0 Å². The number of hydrogen-bond donors (Lipinski definition) is 1. The summed E-state index contributed by atoms with van der Waals surface area (Å²) in [5.74, 6) is -0.811. The molecule has 0 saturated carbocycles. The highest BCUT2D eigenvalue weighted by Gasteiger charge is 2.32. The zero-order valence-corrected chi connectivity index (χ0v) is 15.3. The largest absolute Gasteiger partial charge is 0.273 e. The molecular formula is C20H20N2O3S. The summed E-state index contributed by atoms with van der Waals surface area (Å²) in [4.78, 5) is 12.1. The van der Waals surface area contributed by atoms with E-state index in [-0.39, 0.29) is 17.4 Å². The molecule has 0 unspecified atom stereocenters. The first kappa shape index (κ1) is 17.0. The lowest BCUT2D eigenvalue weighted by Crippen LogP contribution is -2.28. The molecular weight excluding hydrogens is 348 g/mol. The summed E-state index contributed by atoms with van der Waals surface area (Å²) in [6.45, 7) is 1.84. The van der Waals surface area contributed by atoms with Crippen LogP contribution in [-0.4, -0.2) is 31.5 Å². The van der Waals surface area contributed by atoms with Gasteiger partial charge in [0, 0.05) is 0 Å². The van der Waals surface area contributed by atoms with Gasteiger partial charge in [-0.1, -0.05) is 36.4 Å². The van der Waals surface area contributed by atoms with E-state index in [4.69, 9.17) is 0 Å². The molecule has 0 aromatic heterocycles. The summed E-state index contributed by atoms with van der Waals surface area (Å²) in [7, 11) is -3.07. The predicted molar refractivity (Wildman–Crippen MR) is 102 cm³/mol. The van der Waals surface area contributed by atoms with Crippen LogP contribution in [0.1, 0.15) is 30.0 Å². The summed E-state index contributed by atoms with van der Waals surface area (Å²) in [5.41, 5.74) is 9.30. The summed E-state index contributed by atoms with van der Waals surface area (Å²) in [5, 5.41) is 4.18. The average Bonchev–Trinajstić information content (AvgIpc) is 3.18. The fourth-order valence-corrected chi connectivity index (χ4v) is 5.41. The van der Waals surface area contributed by atoms with Crippen LogP contribution in [-0.2, 0) is 21.1 Å². The molecule has 1 saturated heterocycles. The Bertz CT molecular complexity index is 1030. The van der Waals surface area contributed by atoms with E-state index in [0.717, 1.165) is 12.0 Å². The molecule has 1 atom stereocenters. The zero-order valence-electron chi connectivity index (χ0n) is 14.5. The molecule has 2 aromatic carbocycles. The van der Waals surface area contributed by atoms with Gasteiger partial charge in [0.1, 0.15) is 0 Å². The molecule has 1 aliphatic heterocycles. The van der Waals surface area contributed by atoms with Crippen molar-refractivity contribution in [3.8, 4) is 11.1 Å². The van der Waals surface area contributed by atoms with Crippen molar-refractivity contribution in [1.82, 2.24) is 5.43 Å². The molecule has 1 N–H and O–H groups in total. The highest BCUT2D eigenvalue weighted by Crippen LogP contribution is 2.36. The molecule has 5 nitrogen and oxygen atoms in total. The number of carbonyl (C=O) groups excluding carboxylic acids is 1. The molecule has 0 radical (unpaired) electrons. The number of carbonyl (C=O) groups is 1. The molecule has 134 valence electrons. The summed E-state index contributed by atoms with van der Waals surface area (Å²) in [6.07, 6.45) is 1.28. The maximum atomic E-state index is 12.1. The molecule has 0 bridgehead atoms. The second kappa shape index (κ2) is 6.36. The predicted octanol–water partition coefficient (Wildman–Crippen LogP) is 2.53. The van der Waals surface area contributed by atoms with Crippen molar-refractivity contribution in [2.75, 3.05) is 11.5 Å². The topological polar surface area (TPSA) is 75.6 Å². The van der Waals surface area contributed by atoms with E-state index in [0.29, 0.717) is 12.1 Å². The van der Waals surface area contributed by atoms with Crippen molar-refractivity contribution < 1.29 is 13.2 Å². The number of benzene rings is 2. The van der Waals surface area contributed by atoms with E-state index in [1.54, 1.807) is 0 Å². The molecule has 1 fully saturated rings. The van der Waals surface area contributed by atoms with Crippen LogP contribution in [0.15, 0.2) is 47.6 Å². The normalized spacial score (nSPS) is 20.5. The molecule has 4 rings (SSSR count). The molecule has 2 aliphatic rings. The number of amides is 1. The second-order valence-electron chi connectivity index (χ2n) is 6.98. The van der Waals surface area contributed by atoms with E-state index in [1.807, 2.05) is 19.1 Å².